The van der Waals surface area contributed by atoms with Crippen molar-refractivity contribution in [1.82, 2.24) is 9.55 Å². The van der Waals surface area contributed by atoms with Crippen molar-refractivity contribution in [3.05, 3.63) is 95.8 Å². The fourth-order valence-corrected chi connectivity index (χ4v) is 3.71. The Morgan fingerprint density at radius 1 is 0.900 bits per heavy atom. The number of nitrogens with zero attached hydrogens (tertiary/aromatic N) is 2. The molecule has 0 fully saturated rings. The monoisotopic (exact) mass is 400 g/mol. The molecule has 0 saturated carbocycles. The normalized spacial score (nSPS) is 13.3. The smallest absolute Gasteiger partial charge is 0.143 e. The van der Waals surface area contributed by atoms with E-state index in [1.54, 1.807) is 0 Å². The van der Waals surface area contributed by atoms with Gasteiger partial charge in [-0.2, -0.15) is 0 Å². The molecule has 4 heteroatoms. The molecule has 0 aliphatic carbocycles. The Kier molecular flexibility index (Phi) is 6.15. The minimum atomic E-state index is -0.784. The van der Waals surface area contributed by atoms with Crippen molar-refractivity contribution in [3.8, 4) is 5.75 Å². The van der Waals surface area contributed by atoms with Crippen molar-refractivity contribution < 1.29 is 9.84 Å². The minimum absolute atomic E-state index is 0.498. The SMILES string of the molecule is CCC(C)c1ccc(OCCn2c(C(O)c3ccccc3)nc3ccccc32)cc1. The molecule has 1 N–H and O–H groups in total. The van der Waals surface area contributed by atoms with Crippen molar-refractivity contribution in [2.24, 2.45) is 0 Å². The Morgan fingerprint density at radius 2 is 1.60 bits per heavy atom. The van der Waals surface area contributed by atoms with Gasteiger partial charge in [0.25, 0.3) is 0 Å². The maximum absolute atomic E-state index is 11.0. The number of rotatable bonds is 8. The van der Waals surface area contributed by atoms with E-state index in [-0.39, 0.29) is 0 Å². The van der Waals surface area contributed by atoms with Gasteiger partial charge in [0.15, 0.2) is 0 Å². The number of hydrogen-bond donors (Lipinski definition) is 1. The molecule has 0 aliphatic heterocycles. The third-order valence-electron chi connectivity index (χ3n) is 5.69. The van der Waals surface area contributed by atoms with Gasteiger partial charge in [0, 0.05) is 0 Å². The summed E-state index contributed by atoms with van der Waals surface area (Å²) >= 11 is 0. The third-order valence-corrected chi connectivity index (χ3v) is 5.69. The Morgan fingerprint density at radius 3 is 2.33 bits per heavy atom. The van der Waals surface area contributed by atoms with Crippen LogP contribution in [-0.2, 0) is 6.54 Å². The van der Waals surface area contributed by atoms with E-state index < -0.39 is 6.10 Å². The van der Waals surface area contributed by atoms with Crippen LogP contribution in [0.4, 0.5) is 0 Å². The summed E-state index contributed by atoms with van der Waals surface area (Å²) in [6, 6.07) is 26.0. The lowest BCUT2D eigenvalue weighted by molar-refractivity contribution is 0.201. The molecule has 2 atom stereocenters. The number of aliphatic hydroxyl groups excluding tert-OH is 1. The van der Waals surface area contributed by atoms with Crippen LogP contribution in [0.5, 0.6) is 5.75 Å². The van der Waals surface area contributed by atoms with Gasteiger partial charge in [0.1, 0.15) is 24.3 Å². The van der Waals surface area contributed by atoms with Crippen LogP contribution in [0, 0.1) is 0 Å². The number of hydrogen-bond acceptors (Lipinski definition) is 3. The lowest BCUT2D eigenvalue weighted by Gasteiger charge is -2.15. The second kappa shape index (κ2) is 9.14. The predicted molar refractivity (Wildman–Crippen MR) is 121 cm³/mol. The molecule has 30 heavy (non-hydrogen) atoms. The zero-order chi connectivity index (χ0) is 20.9. The van der Waals surface area contributed by atoms with Gasteiger partial charge in [-0.1, -0.05) is 68.4 Å². The number of fused-ring (bicyclic) bond motifs is 1. The number of aliphatic hydroxyl groups is 1. The van der Waals surface area contributed by atoms with Gasteiger partial charge in [0.05, 0.1) is 17.6 Å². The first-order chi connectivity index (χ1) is 14.7. The molecule has 3 aromatic carbocycles. The predicted octanol–water partition coefficient (Wildman–Crippen LogP) is 5.71. The van der Waals surface area contributed by atoms with Gasteiger partial charge in [-0.15, -0.1) is 0 Å². The van der Waals surface area contributed by atoms with Crippen molar-refractivity contribution in [1.29, 1.82) is 0 Å². The molecule has 1 heterocycles. The van der Waals surface area contributed by atoms with Gasteiger partial charge in [-0.3, -0.25) is 0 Å². The van der Waals surface area contributed by atoms with Crippen LogP contribution in [0.2, 0.25) is 0 Å². The molecule has 1 aromatic heterocycles. The van der Waals surface area contributed by atoms with Gasteiger partial charge >= 0.3 is 0 Å². The van der Waals surface area contributed by atoms with Gasteiger partial charge in [-0.05, 0) is 47.7 Å². The Labute approximate surface area is 177 Å². The van der Waals surface area contributed by atoms with Crippen LogP contribution in [0.15, 0.2) is 78.9 Å². The van der Waals surface area contributed by atoms with Crippen molar-refractivity contribution >= 4 is 11.0 Å². The fourth-order valence-electron chi connectivity index (χ4n) is 3.71. The molecular weight excluding hydrogens is 372 g/mol. The van der Waals surface area contributed by atoms with Crippen LogP contribution in [-0.4, -0.2) is 21.3 Å². The summed E-state index contributed by atoms with van der Waals surface area (Å²) in [5.41, 5.74) is 4.04. The highest BCUT2D eigenvalue weighted by molar-refractivity contribution is 5.76. The van der Waals surface area contributed by atoms with Crippen molar-refractivity contribution in [2.45, 2.75) is 38.8 Å². The van der Waals surface area contributed by atoms with Gasteiger partial charge < -0.3 is 14.4 Å². The lowest BCUT2D eigenvalue weighted by Crippen LogP contribution is -2.14. The number of benzene rings is 3. The number of para-hydroxylation sites is 2. The van der Waals surface area contributed by atoms with Gasteiger partial charge in [0.2, 0.25) is 0 Å². The first kappa shape index (κ1) is 20.2. The minimum Gasteiger partial charge on any atom is -0.492 e. The Balaban J connectivity index is 1.53. The van der Waals surface area contributed by atoms with Crippen LogP contribution in [0.25, 0.3) is 11.0 Å². The van der Waals surface area contributed by atoms with Crippen LogP contribution >= 0.6 is 0 Å². The summed E-state index contributed by atoms with van der Waals surface area (Å²) in [4.78, 5) is 4.71. The Hall–Kier alpha value is -3.11. The lowest BCUT2D eigenvalue weighted by atomic mass is 9.99. The molecule has 0 saturated heterocycles. The summed E-state index contributed by atoms with van der Waals surface area (Å²) in [6.07, 6.45) is 0.342. The number of imidazole rings is 1. The molecule has 4 aromatic rings. The number of ether oxygens (including phenoxy) is 1. The highest BCUT2D eigenvalue weighted by Gasteiger charge is 2.19. The van der Waals surface area contributed by atoms with E-state index in [4.69, 9.17) is 9.72 Å². The summed E-state index contributed by atoms with van der Waals surface area (Å²) in [5.74, 6) is 2.05. The molecule has 0 radical (unpaired) electrons. The summed E-state index contributed by atoms with van der Waals surface area (Å²) in [7, 11) is 0. The maximum Gasteiger partial charge on any atom is 0.143 e. The average molecular weight is 401 g/mol. The van der Waals surface area contributed by atoms with Gasteiger partial charge in [-0.25, -0.2) is 4.98 Å². The topological polar surface area (TPSA) is 47.3 Å². The highest BCUT2D eigenvalue weighted by atomic mass is 16.5. The van der Waals surface area contributed by atoms with E-state index in [0.29, 0.717) is 24.9 Å². The van der Waals surface area contributed by atoms with Crippen LogP contribution < -0.4 is 4.74 Å². The second-order valence-corrected chi connectivity index (χ2v) is 7.65. The summed E-state index contributed by atoms with van der Waals surface area (Å²) in [5, 5.41) is 11.0. The third kappa shape index (κ3) is 4.24. The van der Waals surface area contributed by atoms with E-state index >= 15 is 0 Å². The quantitative estimate of drug-likeness (QED) is 0.412. The second-order valence-electron chi connectivity index (χ2n) is 7.65. The molecule has 2 unspecified atom stereocenters. The van der Waals surface area contributed by atoms with Crippen LogP contribution in [0.1, 0.15) is 49.2 Å². The molecule has 0 bridgehead atoms. The molecule has 0 amide bonds. The number of aromatic nitrogens is 2. The molecule has 4 rings (SSSR count). The van der Waals surface area contributed by atoms with E-state index in [2.05, 4.69) is 30.5 Å². The largest absolute Gasteiger partial charge is 0.492 e. The van der Waals surface area contributed by atoms with E-state index in [1.165, 1.54) is 5.56 Å². The zero-order valence-electron chi connectivity index (χ0n) is 17.5. The first-order valence-corrected chi connectivity index (χ1v) is 10.6. The van der Waals surface area contributed by atoms with E-state index in [9.17, 15) is 5.11 Å². The molecular formula is C26H28N2O2. The zero-order valence-corrected chi connectivity index (χ0v) is 17.5. The molecule has 0 aliphatic rings. The molecule has 154 valence electrons. The van der Waals surface area contributed by atoms with Crippen molar-refractivity contribution in [3.63, 3.8) is 0 Å². The molecule has 4 nitrogen and oxygen atoms in total. The van der Waals surface area contributed by atoms with Crippen molar-refractivity contribution in [2.75, 3.05) is 6.61 Å². The standard InChI is InChI=1S/C26H28N2O2/c1-3-19(2)20-13-15-22(16-14-20)30-18-17-28-24-12-8-7-11-23(24)27-26(28)25(29)21-9-5-4-6-10-21/h4-16,19,25,29H,3,17-18H2,1-2H3. The summed E-state index contributed by atoms with van der Waals surface area (Å²) in [6.45, 7) is 5.54. The first-order valence-electron chi connectivity index (χ1n) is 10.6. The van der Waals surface area contributed by atoms with E-state index in [0.717, 1.165) is 28.8 Å². The average Bonchev–Trinajstić information content (AvgIpc) is 3.17. The summed E-state index contributed by atoms with van der Waals surface area (Å²) < 4.78 is 8.06. The highest BCUT2D eigenvalue weighted by Crippen LogP contribution is 2.26. The maximum atomic E-state index is 11.0. The molecule has 0 spiro atoms. The Bertz CT molecular complexity index is 1090. The fraction of sp³-hybridized carbons (Fsp3) is 0.269. The van der Waals surface area contributed by atoms with Crippen LogP contribution in [0.3, 0.4) is 0 Å². The van der Waals surface area contributed by atoms with E-state index in [1.807, 2.05) is 66.7 Å².